The minimum atomic E-state index is -0.384. The zero-order chi connectivity index (χ0) is 17.1. The van der Waals surface area contributed by atoms with Crippen molar-refractivity contribution in [3.63, 3.8) is 0 Å². The van der Waals surface area contributed by atoms with Crippen LogP contribution in [-0.4, -0.2) is 33.7 Å². The first-order valence-electron chi connectivity index (χ1n) is 7.24. The van der Waals surface area contributed by atoms with Crippen molar-refractivity contribution in [3.05, 3.63) is 59.5 Å². The van der Waals surface area contributed by atoms with Gasteiger partial charge in [-0.25, -0.2) is 10.4 Å². The number of carbonyl (C=O) groups excluding carboxylic acids is 1. The SMILES string of the molecule is COc1ccc(O)c(/C=N/NC(=O)c2c(C)nc3ccccn23)c1. The maximum absolute atomic E-state index is 12.4. The highest BCUT2D eigenvalue weighted by atomic mass is 16.5. The lowest BCUT2D eigenvalue weighted by Gasteiger charge is -2.04. The number of benzene rings is 1. The van der Waals surface area contributed by atoms with Crippen molar-refractivity contribution in [2.75, 3.05) is 7.11 Å². The minimum absolute atomic E-state index is 0.0415. The number of rotatable bonds is 4. The topological polar surface area (TPSA) is 88.2 Å². The monoisotopic (exact) mass is 324 g/mol. The van der Waals surface area contributed by atoms with Crippen molar-refractivity contribution < 1.29 is 14.6 Å². The molecule has 0 saturated heterocycles. The van der Waals surface area contributed by atoms with Crippen molar-refractivity contribution >= 4 is 17.8 Å². The highest BCUT2D eigenvalue weighted by molar-refractivity contribution is 5.95. The molecule has 0 unspecified atom stereocenters. The van der Waals surface area contributed by atoms with Gasteiger partial charge in [-0.05, 0) is 37.3 Å². The molecule has 3 aromatic rings. The first-order valence-corrected chi connectivity index (χ1v) is 7.24. The van der Waals surface area contributed by atoms with E-state index >= 15 is 0 Å². The smallest absolute Gasteiger partial charge is 0.290 e. The molecule has 0 bridgehead atoms. The molecule has 1 aromatic carbocycles. The van der Waals surface area contributed by atoms with Crippen LogP contribution in [-0.2, 0) is 0 Å². The van der Waals surface area contributed by atoms with Gasteiger partial charge in [-0.1, -0.05) is 6.07 Å². The molecule has 0 radical (unpaired) electrons. The Morgan fingerprint density at radius 2 is 2.21 bits per heavy atom. The van der Waals surface area contributed by atoms with E-state index in [1.165, 1.54) is 19.4 Å². The van der Waals surface area contributed by atoms with Crippen LogP contribution in [0.4, 0.5) is 0 Å². The van der Waals surface area contributed by atoms with Crippen molar-refractivity contribution in [3.8, 4) is 11.5 Å². The van der Waals surface area contributed by atoms with Gasteiger partial charge in [0.15, 0.2) is 0 Å². The second-order valence-electron chi connectivity index (χ2n) is 5.10. The van der Waals surface area contributed by atoms with E-state index < -0.39 is 0 Å². The van der Waals surface area contributed by atoms with Crippen LogP contribution >= 0.6 is 0 Å². The van der Waals surface area contributed by atoms with E-state index in [1.54, 1.807) is 29.7 Å². The van der Waals surface area contributed by atoms with Crippen LogP contribution in [0, 0.1) is 6.92 Å². The van der Waals surface area contributed by atoms with Gasteiger partial charge < -0.3 is 9.84 Å². The molecule has 3 rings (SSSR count). The van der Waals surface area contributed by atoms with Gasteiger partial charge in [0, 0.05) is 11.8 Å². The normalized spacial score (nSPS) is 11.1. The molecule has 0 fully saturated rings. The van der Waals surface area contributed by atoms with Gasteiger partial charge in [0.05, 0.1) is 19.0 Å². The Labute approximate surface area is 138 Å². The number of nitrogens with one attached hydrogen (secondary N) is 1. The molecule has 0 spiro atoms. The largest absolute Gasteiger partial charge is 0.507 e. The summed E-state index contributed by atoms with van der Waals surface area (Å²) in [5.74, 6) is 0.239. The molecule has 0 aliphatic rings. The first-order chi connectivity index (χ1) is 11.6. The van der Waals surface area contributed by atoms with Gasteiger partial charge in [-0.3, -0.25) is 9.20 Å². The third-order valence-corrected chi connectivity index (χ3v) is 3.52. The number of aromatic nitrogens is 2. The van der Waals surface area contributed by atoms with Crippen LogP contribution in [0.2, 0.25) is 0 Å². The van der Waals surface area contributed by atoms with E-state index in [0.717, 1.165) is 0 Å². The molecule has 1 amide bonds. The van der Waals surface area contributed by atoms with Crippen LogP contribution in [0.15, 0.2) is 47.7 Å². The van der Waals surface area contributed by atoms with Crippen LogP contribution in [0.25, 0.3) is 5.65 Å². The van der Waals surface area contributed by atoms with Gasteiger partial charge in [-0.15, -0.1) is 0 Å². The third kappa shape index (κ3) is 2.91. The molecule has 7 heteroatoms. The van der Waals surface area contributed by atoms with Crippen molar-refractivity contribution in [1.29, 1.82) is 0 Å². The number of methoxy groups -OCH3 is 1. The van der Waals surface area contributed by atoms with Crippen molar-refractivity contribution in [2.45, 2.75) is 6.92 Å². The van der Waals surface area contributed by atoms with Gasteiger partial charge in [-0.2, -0.15) is 5.10 Å². The molecule has 24 heavy (non-hydrogen) atoms. The highest BCUT2D eigenvalue weighted by Crippen LogP contribution is 2.21. The Kier molecular flexibility index (Phi) is 4.15. The quantitative estimate of drug-likeness (QED) is 0.568. The lowest BCUT2D eigenvalue weighted by molar-refractivity contribution is 0.0948. The third-order valence-electron chi connectivity index (χ3n) is 3.52. The predicted octanol–water partition coefficient (Wildman–Crippen LogP) is 2.12. The molecule has 122 valence electrons. The summed E-state index contributed by atoms with van der Waals surface area (Å²) in [7, 11) is 1.53. The maximum atomic E-state index is 12.4. The highest BCUT2D eigenvalue weighted by Gasteiger charge is 2.15. The van der Waals surface area contributed by atoms with E-state index in [4.69, 9.17) is 4.74 Å². The molecule has 0 aliphatic heterocycles. The Bertz CT molecular complexity index is 931. The van der Waals surface area contributed by atoms with Crippen LogP contribution in [0.1, 0.15) is 21.7 Å². The summed E-state index contributed by atoms with van der Waals surface area (Å²) in [6.45, 7) is 1.76. The van der Waals surface area contributed by atoms with Gasteiger partial charge in [0.25, 0.3) is 5.91 Å². The second kappa shape index (κ2) is 6.41. The Hall–Kier alpha value is -3.35. The number of pyridine rings is 1. The number of fused-ring (bicyclic) bond motifs is 1. The fourth-order valence-corrected chi connectivity index (χ4v) is 2.36. The number of carbonyl (C=O) groups is 1. The summed E-state index contributed by atoms with van der Waals surface area (Å²) in [5, 5.41) is 13.7. The average molecular weight is 324 g/mol. The maximum Gasteiger partial charge on any atom is 0.290 e. The molecule has 0 atom stereocenters. The van der Waals surface area contributed by atoms with Crippen molar-refractivity contribution in [1.82, 2.24) is 14.8 Å². The molecule has 0 saturated carbocycles. The second-order valence-corrected chi connectivity index (χ2v) is 5.10. The number of imidazole rings is 1. The molecule has 7 nitrogen and oxygen atoms in total. The number of phenolic OH excluding ortho intramolecular Hbond substituents is 1. The Morgan fingerprint density at radius 3 is 3.00 bits per heavy atom. The number of aromatic hydroxyl groups is 1. The van der Waals surface area contributed by atoms with Crippen LogP contribution in [0.3, 0.4) is 0 Å². The zero-order valence-corrected chi connectivity index (χ0v) is 13.2. The molecule has 0 aliphatic carbocycles. The Balaban J connectivity index is 1.81. The van der Waals surface area contributed by atoms with Gasteiger partial charge in [0.2, 0.25) is 0 Å². The van der Waals surface area contributed by atoms with E-state index in [2.05, 4.69) is 15.5 Å². The van der Waals surface area contributed by atoms with Crippen LogP contribution < -0.4 is 10.2 Å². The van der Waals surface area contributed by atoms with E-state index in [1.807, 2.05) is 18.2 Å². The number of nitrogens with zero attached hydrogens (tertiary/aromatic N) is 3. The standard InChI is InChI=1S/C17H16N4O3/c1-11-16(21-8-4-3-5-15(21)19-11)17(23)20-18-10-12-9-13(24-2)6-7-14(12)22/h3-10,22H,1-2H3,(H,20,23)/b18-10+. The van der Waals surface area contributed by atoms with Crippen molar-refractivity contribution in [2.24, 2.45) is 5.10 Å². The molecule has 2 heterocycles. The number of ether oxygens (including phenoxy) is 1. The zero-order valence-electron chi connectivity index (χ0n) is 13.2. The summed E-state index contributed by atoms with van der Waals surface area (Å²) in [5.41, 5.74) is 4.60. The summed E-state index contributed by atoms with van der Waals surface area (Å²) < 4.78 is 6.79. The number of hydrazone groups is 1. The number of hydrogen-bond acceptors (Lipinski definition) is 5. The molecular weight excluding hydrogens is 308 g/mol. The number of amides is 1. The summed E-state index contributed by atoms with van der Waals surface area (Å²) in [6.07, 6.45) is 3.12. The number of aryl methyl sites for hydroxylation is 1. The fourth-order valence-electron chi connectivity index (χ4n) is 2.36. The van der Waals surface area contributed by atoms with Gasteiger partial charge >= 0.3 is 0 Å². The first kappa shape index (κ1) is 15.5. The summed E-state index contributed by atoms with van der Waals surface area (Å²) in [6, 6.07) is 10.2. The summed E-state index contributed by atoms with van der Waals surface area (Å²) >= 11 is 0. The molecule has 2 N–H and O–H groups in total. The number of hydrogen-bond donors (Lipinski definition) is 2. The number of phenols is 1. The molecular formula is C17H16N4O3. The van der Waals surface area contributed by atoms with E-state index in [0.29, 0.717) is 28.3 Å². The molecule has 2 aromatic heterocycles. The van der Waals surface area contributed by atoms with Crippen LogP contribution in [0.5, 0.6) is 11.5 Å². The Morgan fingerprint density at radius 1 is 1.38 bits per heavy atom. The van der Waals surface area contributed by atoms with E-state index in [-0.39, 0.29) is 11.7 Å². The lowest BCUT2D eigenvalue weighted by atomic mass is 10.2. The van der Waals surface area contributed by atoms with E-state index in [9.17, 15) is 9.90 Å². The lowest BCUT2D eigenvalue weighted by Crippen LogP contribution is -2.20. The van der Waals surface area contributed by atoms with Gasteiger partial charge in [0.1, 0.15) is 22.8 Å². The summed E-state index contributed by atoms with van der Waals surface area (Å²) in [4.78, 5) is 16.7. The average Bonchev–Trinajstić information content (AvgIpc) is 2.92. The minimum Gasteiger partial charge on any atom is -0.507 e. The fraction of sp³-hybridized carbons (Fsp3) is 0.118. The predicted molar refractivity (Wildman–Crippen MR) is 89.6 cm³/mol.